The highest BCUT2D eigenvalue weighted by atomic mass is 16.5. The highest BCUT2D eigenvalue weighted by Crippen LogP contribution is 2.40. The number of carbonyl (C=O) groups excluding carboxylic acids is 1. The van der Waals surface area contributed by atoms with Crippen molar-refractivity contribution in [2.75, 3.05) is 38.8 Å². The second kappa shape index (κ2) is 8.26. The predicted molar refractivity (Wildman–Crippen MR) is 112 cm³/mol. The smallest absolute Gasteiger partial charge is 0.255 e. The maximum Gasteiger partial charge on any atom is 0.255 e. The van der Waals surface area contributed by atoms with Crippen LogP contribution in [0.3, 0.4) is 0 Å². The maximum absolute atomic E-state index is 13.0. The molecule has 1 aromatic heterocycles. The van der Waals surface area contributed by atoms with E-state index in [0.717, 1.165) is 34.8 Å². The van der Waals surface area contributed by atoms with Crippen molar-refractivity contribution in [1.29, 1.82) is 0 Å². The van der Waals surface area contributed by atoms with Gasteiger partial charge in [0.15, 0.2) is 5.75 Å². The van der Waals surface area contributed by atoms with Gasteiger partial charge in [0.25, 0.3) is 5.91 Å². The molecule has 1 aliphatic rings. The van der Waals surface area contributed by atoms with Gasteiger partial charge in [-0.2, -0.15) is 0 Å². The lowest BCUT2D eigenvalue weighted by Crippen LogP contribution is -2.32. The summed E-state index contributed by atoms with van der Waals surface area (Å²) in [6.45, 7) is 1.82. The van der Waals surface area contributed by atoms with Crippen molar-refractivity contribution in [3.8, 4) is 22.6 Å². The van der Waals surface area contributed by atoms with Crippen molar-refractivity contribution < 1.29 is 14.3 Å². The first-order chi connectivity index (χ1) is 14.2. The fraction of sp³-hybridized carbons (Fsp3) is 0.273. The van der Waals surface area contributed by atoms with Gasteiger partial charge in [-0.1, -0.05) is 18.2 Å². The molecule has 4 rings (SSSR count). The van der Waals surface area contributed by atoms with Crippen LogP contribution in [0.1, 0.15) is 16.1 Å². The van der Waals surface area contributed by atoms with Gasteiger partial charge in [0.05, 0.1) is 31.2 Å². The number of benzene rings is 2. The van der Waals surface area contributed by atoms with E-state index in [1.54, 1.807) is 19.6 Å². The van der Waals surface area contributed by atoms with Gasteiger partial charge in [-0.15, -0.1) is 0 Å². The van der Waals surface area contributed by atoms with Gasteiger partial charge < -0.3 is 24.7 Å². The van der Waals surface area contributed by atoms with Crippen LogP contribution in [-0.2, 0) is 6.42 Å². The monoisotopic (exact) mass is 392 g/mol. The van der Waals surface area contributed by atoms with E-state index in [4.69, 9.17) is 9.47 Å². The minimum absolute atomic E-state index is 0.159. The summed E-state index contributed by atoms with van der Waals surface area (Å²) < 4.78 is 11.4. The number of nitrogens with one attached hydrogen (secondary N) is 2. The molecule has 0 radical (unpaired) electrons. The molecule has 0 fully saturated rings. The minimum atomic E-state index is -0.159. The molecule has 0 saturated heterocycles. The molecule has 0 spiro atoms. The summed E-state index contributed by atoms with van der Waals surface area (Å²) in [5.41, 5.74) is 4.25. The topological polar surface area (TPSA) is 79.5 Å². The summed E-state index contributed by atoms with van der Waals surface area (Å²) >= 11 is 0. The number of amides is 1. The number of likely N-dealkylation sites (N-methyl/N-ethyl adjacent to an activating group) is 1. The van der Waals surface area contributed by atoms with Crippen LogP contribution in [0.15, 0.2) is 48.9 Å². The largest absolute Gasteiger partial charge is 0.496 e. The minimum Gasteiger partial charge on any atom is -0.496 e. The third-order valence-electron chi connectivity index (χ3n) is 5.05. The molecule has 0 saturated carbocycles. The Morgan fingerprint density at radius 2 is 2.21 bits per heavy atom. The number of ether oxygens (including phenoxy) is 2. The molecule has 29 heavy (non-hydrogen) atoms. The SMILES string of the molecule is COc1ccccc1-c1cc(C(=O)NCCc2cnc[nH]2)c2c(c1)N(C)CCO2. The summed E-state index contributed by atoms with van der Waals surface area (Å²) in [6, 6.07) is 11.7. The van der Waals surface area contributed by atoms with Crippen LogP contribution in [0.4, 0.5) is 5.69 Å². The fourth-order valence-electron chi connectivity index (χ4n) is 3.49. The Hall–Kier alpha value is -3.48. The van der Waals surface area contributed by atoms with Crippen LogP contribution in [0.5, 0.6) is 11.5 Å². The van der Waals surface area contributed by atoms with E-state index in [1.807, 2.05) is 43.4 Å². The Morgan fingerprint density at radius 3 is 3.00 bits per heavy atom. The predicted octanol–water partition coefficient (Wildman–Crippen LogP) is 2.89. The summed E-state index contributed by atoms with van der Waals surface area (Å²) in [5, 5.41) is 2.99. The van der Waals surface area contributed by atoms with E-state index in [0.29, 0.717) is 30.9 Å². The zero-order valence-electron chi connectivity index (χ0n) is 16.6. The third kappa shape index (κ3) is 3.89. The number of hydrogen-bond acceptors (Lipinski definition) is 5. The quantitative estimate of drug-likeness (QED) is 0.674. The van der Waals surface area contributed by atoms with Crippen LogP contribution in [0, 0.1) is 0 Å². The van der Waals surface area contributed by atoms with Gasteiger partial charge >= 0.3 is 0 Å². The number of methoxy groups -OCH3 is 1. The van der Waals surface area contributed by atoms with E-state index >= 15 is 0 Å². The zero-order chi connectivity index (χ0) is 20.2. The molecule has 2 N–H and O–H groups in total. The van der Waals surface area contributed by atoms with Crippen molar-refractivity contribution >= 4 is 11.6 Å². The molecule has 0 atom stereocenters. The van der Waals surface area contributed by atoms with Crippen molar-refractivity contribution in [1.82, 2.24) is 15.3 Å². The number of H-pyrrole nitrogens is 1. The Labute approximate surface area is 169 Å². The average Bonchev–Trinajstić information content (AvgIpc) is 3.27. The van der Waals surface area contributed by atoms with E-state index in [9.17, 15) is 4.79 Å². The van der Waals surface area contributed by atoms with Crippen molar-refractivity contribution in [3.63, 3.8) is 0 Å². The summed E-state index contributed by atoms with van der Waals surface area (Å²) in [4.78, 5) is 22.2. The first kappa shape index (κ1) is 18.9. The van der Waals surface area contributed by atoms with Crippen LogP contribution >= 0.6 is 0 Å². The Morgan fingerprint density at radius 1 is 1.34 bits per heavy atom. The molecule has 0 bridgehead atoms. The molecule has 0 unspecified atom stereocenters. The molecule has 0 aliphatic carbocycles. The number of hydrogen-bond donors (Lipinski definition) is 2. The first-order valence-electron chi connectivity index (χ1n) is 9.58. The van der Waals surface area contributed by atoms with Crippen molar-refractivity contribution in [2.24, 2.45) is 0 Å². The fourth-order valence-corrected chi connectivity index (χ4v) is 3.49. The van der Waals surface area contributed by atoms with Crippen molar-refractivity contribution in [2.45, 2.75) is 6.42 Å². The molecule has 2 aromatic carbocycles. The van der Waals surface area contributed by atoms with Gasteiger partial charge in [0, 0.05) is 37.5 Å². The Bertz CT molecular complexity index is 1000. The van der Waals surface area contributed by atoms with Crippen LogP contribution in [0.25, 0.3) is 11.1 Å². The highest BCUT2D eigenvalue weighted by molar-refractivity contribution is 6.01. The number of carbonyl (C=O) groups is 1. The molecular formula is C22H24N4O3. The number of anilines is 1. The number of nitrogens with zero attached hydrogens (tertiary/aromatic N) is 2. The van der Waals surface area contributed by atoms with Gasteiger partial charge in [0.2, 0.25) is 0 Å². The molecule has 2 heterocycles. The van der Waals surface area contributed by atoms with Crippen LogP contribution < -0.4 is 19.7 Å². The van der Waals surface area contributed by atoms with Gasteiger partial charge in [0.1, 0.15) is 12.4 Å². The number of aromatic nitrogens is 2. The molecule has 7 nitrogen and oxygen atoms in total. The number of rotatable bonds is 6. The van der Waals surface area contributed by atoms with Gasteiger partial charge in [-0.05, 0) is 23.8 Å². The van der Waals surface area contributed by atoms with Crippen molar-refractivity contribution in [3.05, 3.63) is 60.2 Å². The molecule has 1 aliphatic heterocycles. The van der Waals surface area contributed by atoms with Crippen LogP contribution in [-0.4, -0.2) is 49.7 Å². The van der Waals surface area contributed by atoms with E-state index in [2.05, 4.69) is 20.2 Å². The lowest BCUT2D eigenvalue weighted by atomic mass is 9.98. The zero-order valence-corrected chi connectivity index (χ0v) is 16.6. The van der Waals surface area contributed by atoms with Crippen LogP contribution in [0.2, 0.25) is 0 Å². The lowest BCUT2D eigenvalue weighted by Gasteiger charge is -2.30. The highest BCUT2D eigenvalue weighted by Gasteiger charge is 2.24. The molecule has 7 heteroatoms. The maximum atomic E-state index is 13.0. The number of para-hydroxylation sites is 1. The number of fused-ring (bicyclic) bond motifs is 1. The number of aromatic amines is 1. The van der Waals surface area contributed by atoms with E-state index in [1.165, 1.54) is 0 Å². The van der Waals surface area contributed by atoms with Gasteiger partial charge in [-0.3, -0.25) is 4.79 Å². The lowest BCUT2D eigenvalue weighted by molar-refractivity contribution is 0.0950. The Kier molecular flexibility index (Phi) is 5.37. The molecular weight excluding hydrogens is 368 g/mol. The number of imidazole rings is 1. The summed E-state index contributed by atoms with van der Waals surface area (Å²) in [6.07, 6.45) is 4.07. The molecule has 150 valence electrons. The summed E-state index contributed by atoms with van der Waals surface area (Å²) in [5.74, 6) is 1.22. The molecule has 3 aromatic rings. The second-order valence-corrected chi connectivity index (χ2v) is 6.93. The Balaban J connectivity index is 1.68. The van der Waals surface area contributed by atoms with Gasteiger partial charge in [-0.25, -0.2) is 4.98 Å². The standard InChI is InChI=1S/C22H24N4O3/c1-26-9-10-29-21-18(22(27)24-8-7-16-13-23-14-25-16)11-15(12-19(21)26)17-5-3-4-6-20(17)28-2/h3-6,11-14H,7-10H2,1-2H3,(H,23,25)(H,24,27). The first-order valence-corrected chi connectivity index (χ1v) is 9.58. The summed E-state index contributed by atoms with van der Waals surface area (Å²) in [7, 11) is 3.66. The second-order valence-electron chi connectivity index (χ2n) is 6.93. The van der Waals surface area contributed by atoms with E-state index in [-0.39, 0.29) is 5.91 Å². The third-order valence-corrected chi connectivity index (χ3v) is 5.05. The van der Waals surface area contributed by atoms with E-state index < -0.39 is 0 Å². The molecule has 1 amide bonds. The average molecular weight is 392 g/mol. The normalized spacial score (nSPS) is 12.8.